The van der Waals surface area contributed by atoms with Crippen molar-refractivity contribution in [2.24, 2.45) is 5.73 Å². The summed E-state index contributed by atoms with van der Waals surface area (Å²) in [7, 11) is 1.15. The maximum atomic E-state index is 11.3. The highest BCUT2D eigenvalue weighted by molar-refractivity contribution is 6.42. The number of hydrogen-bond acceptors (Lipinski definition) is 6. The van der Waals surface area contributed by atoms with Gasteiger partial charge >= 0.3 is 11.7 Å². The molecule has 1 rings (SSSR count). The molecule has 0 aliphatic heterocycles. The van der Waals surface area contributed by atoms with Crippen LogP contribution in [0.3, 0.4) is 0 Å². The van der Waals surface area contributed by atoms with E-state index >= 15 is 0 Å². The Morgan fingerprint density at radius 2 is 2.05 bits per heavy atom. The molecule has 7 nitrogen and oxygen atoms in total. The van der Waals surface area contributed by atoms with Gasteiger partial charge in [0.15, 0.2) is 5.75 Å². The molecule has 9 heteroatoms. The minimum absolute atomic E-state index is 0.00285. The fraction of sp³-hybridized carbons (Fsp3) is 0.300. The number of nitrogens with two attached hydrogens (primary N) is 1. The molecule has 0 heterocycles. The van der Waals surface area contributed by atoms with Crippen LogP contribution in [0.4, 0.5) is 5.69 Å². The molecule has 0 radical (unpaired) electrons. The van der Waals surface area contributed by atoms with Crippen LogP contribution in [0.2, 0.25) is 10.0 Å². The van der Waals surface area contributed by atoms with E-state index in [4.69, 9.17) is 33.7 Å². The van der Waals surface area contributed by atoms with Crippen molar-refractivity contribution >= 4 is 34.9 Å². The number of nitrogens with zero attached hydrogens (tertiary/aromatic N) is 1. The van der Waals surface area contributed by atoms with Crippen molar-refractivity contribution in [3.63, 3.8) is 0 Å². The number of carbonyl (C=O) groups excluding carboxylic acids is 1. The second-order valence-corrected chi connectivity index (χ2v) is 4.17. The number of rotatable bonds is 5. The van der Waals surface area contributed by atoms with Crippen molar-refractivity contribution in [1.82, 2.24) is 0 Å². The van der Waals surface area contributed by atoms with Crippen molar-refractivity contribution < 1.29 is 19.2 Å². The van der Waals surface area contributed by atoms with Crippen LogP contribution in [0, 0.1) is 10.1 Å². The van der Waals surface area contributed by atoms with Crippen molar-refractivity contribution in [2.75, 3.05) is 13.7 Å². The van der Waals surface area contributed by atoms with Crippen LogP contribution in [0.1, 0.15) is 0 Å². The average Bonchev–Trinajstić information content (AvgIpc) is 2.38. The number of ether oxygens (including phenoxy) is 2. The standard InChI is InChI=1S/C10H10Cl2N2O5/c1-18-10(15)9(4-13)19-8-3-6(12)5(11)2-7(8)14(16)17/h2-3,9H,4,13H2,1H3. The normalized spacial score (nSPS) is 11.8. The minimum atomic E-state index is -1.17. The first-order chi connectivity index (χ1) is 8.90. The summed E-state index contributed by atoms with van der Waals surface area (Å²) in [6.45, 7) is -0.204. The molecule has 0 fully saturated rings. The van der Waals surface area contributed by atoms with Gasteiger partial charge < -0.3 is 15.2 Å². The summed E-state index contributed by atoms with van der Waals surface area (Å²) in [6, 6.07) is 2.18. The zero-order valence-electron chi connectivity index (χ0n) is 9.76. The lowest BCUT2D eigenvalue weighted by molar-refractivity contribution is -0.386. The van der Waals surface area contributed by atoms with Gasteiger partial charge in [-0.1, -0.05) is 23.2 Å². The predicted octanol–water partition coefficient (Wildman–Crippen LogP) is 1.78. The fourth-order valence-electron chi connectivity index (χ4n) is 1.23. The molecule has 1 aromatic carbocycles. The molecule has 0 aliphatic rings. The summed E-state index contributed by atoms with van der Waals surface area (Å²) in [5.74, 6) is -0.955. The predicted molar refractivity (Wildman–Crippen MR) is 68.6 cm³/mol. The zero-order valence-corrected chi connectivity index (χ0v) is 11.3. The zero-order chi connectivity index (χ0) is 14.6. The highest BCUT2D eigenvalue weighted by atomic mass is 35.5. The van der Waals surface area contributed by atoms with E-state index in [1.54, 1.807) is 0 Å². The average molecular weight is 309 g/mol. The smallest absolute Gasteiger partial charge is 0.348 e. The Balaban J connectivity index is 3.15. The third kappa shape index (κ3) is 3.69. The second-order valence-electron chi connectivity index (χ2n) is 3.36. The third-order valence-electron chi connectivity index (χ3n) is 2.15. The summed E-state index contributed by atoms with van der Waals surface area (Å²) in [6.07, 6.45) is -1.17. The molecule has 2 N–H and O–H groups in total. The highest BCUT2D eigenvalue weighted by Gasteiger charge is 2.25. The Labute approximate surface area is 118 Å². The lowest BCUT2D eigenvalue weighted by atomic mass is 10.3. The molecular weight excluding hydrogens is 299 g/mol. The Bertz CT molecular complexity index is 509. The Morgan fingerprint density at radius 1 is 1.47 bits per heavy atom. The van der Waals surface area contributed by atoms with E-state index in [9.17, 15) is 14.9 Å². The van der Waals surface area contributed by atoms with E-state index in [1.807, 2.05) is 0 Å². The van der Waals surface area contributed by atoms with Gasteiger partial charge in [-0.3, -0.25) is 10.1 Å². The molecule has 1 unspecified atom stereocenters. The quantitative estimate of drug-likeness (QED) is 0.505. The van der Waals surface area contributed by atoms with Crippen LogP contribution in [-0.2, 0) is 9.53 Å². The summed E-state index contributed by atoms with van der Waals surface area (Å²) in [5, 5.41) is 10.9. The molecule has 0 amide bonds. The van der Waals surface area contributed by atoms with Gasteiger partial charge in [0.25, 0.3) is 0 Å². The Hall–Kier alpha value is -1.57. The molecule has 0 aromatic heterocycles. The molecule has 0 spiro atoms. The van der Waals surface area contributed by atoms with Crippen LogP contribution in [0.15, 0.2) is 12.1 Å². The van der Waals surface area contributed by atoms with E-state index < -0.39 is 22.7 Å². The van der Waals surface area contributed by atoms with Crippen molar-refractivity contribution in [3.8, 4) is 5.75 Å². The first-order valence-electron chi connectivity index (χ1n) is 4.98. The summed E-state index contributed by atoms with van der Waals surface area (Å²) in [5.41, 5.74) is 4.92. The number of carbonyl (C=O) groups is 1. The van der Waals surface area contributed by atoms with Crippen molar-refractivity contribution in [2.45, 2.75) is 6.10 Å². The first-order valence-corrected chi connectivity index (χ1v) is 5.74. The van der Waals surface area contributed by atoms with Crippen LogP contribution >= 0.6 is 23.2 Å². The van der Waals surface area contributed by atoms with Crippen LogP contribution < -0.4 is 10.5 Å². The Morgan fingerprint density at radius 3 is 2.53 bits per heavy atom. The van der Waals surface area contributed by atoms with E-state index in [0.717, 1.165) is 19.2 Å². The monoisotopic (exact) mass is 308 g/mol. The number of nitro groups is 1. The van der Waals surface area contributed by atoms with Gasteiger partial charge in [-0.15, -0.1) is 0 Å². The van der Waals surface area contributed by atoms with Gasteiger partial charge in [-0.25, -0.2) is 4.79 Å². The van der Waals surface area contributed by atoms with Gasteiger partial charge in [0.1, 0.15) is 0 Å². The minimum Gasteiger partial charge on any atom is -0.470 e. The maximum absolute atomic E-state index is 11.3. The van der Waals surface area contributed by atoms with E-state index in [0.29, 0.717) is 0 Å². The van der Waals surface area contributed by atoms with E-state index in [2.05, 4.69) is 4.74 Å². The van der Waals surface area contributed by atoms with Crippen LogP contribution in [0.5, 0.6) is 5.75 Å². The largest absolute Gasteiger partial charge is 0.470 e. The summed E-state index contributed by atoms with van der Waals surface area (Å²) >= 11 is 11.4. The van der Waals surface area contributed by atoms with Crippen LogP contribution in [0.25, 0.3) is 0 Å². The van der Waals surface area contributed by atoms with E-state index in [1.165, 1.54) is 0 Å². The fourth-order valence-corrected chi connectivity index (χ4v) is 1.54. The number of halogens is 2. The highest BCUT2D eigenvalue weighted by Crippen LogP contribution is 2.36. The molecule has 0 bridgehead atoms. The van der Waals surface area contributed by atoms with Gasteiger partial charge in [0.2, 0.25) is 6.10 Å². The molecule has 104 valence electrons. The molecule has 0 aliphatic carbocycles. The van der Waals surface area contributed by atoms with Gasteiger partial charge in [-0.05, 0) is 0 Å². The number of hydrogen-bond donors (Lipinski definition) is 1. The van der Waals surface area contributed by atoms with Gasteiger partial charge in [0, 0.05) is 18.7 Å². The molecule has 1 aromatic rings. The lowest BCUT2D eigenvalue weighted by Crippen LogP contribution is -2.36. The summed E-state index contributed by atoms with van der Waals surface area (Å²) < 4.78 is 9.62. The summed E-state index contributed by atoms with van der Waals surface area (Å²) in [4.78, 5) is 21.5. The van der Waals surface area contributed by atoms with Crippen molar-refractivity contribution in [1.29, 1.82) is 0 Å². The van der Waals surface area contributed by atoms with E-state index in [-0.39, 0.29) is 22.3 Å². The second kappa shape index (κ2) is 6.55. The van der Waals surface area contributed by atoms with Gasteiger partial charge in [0.05, 0.1) is 22.1 Å². The topological polar surface area (TPSA) is 105 Å². The van der Waals surface area contributed by atoms with Gasteiger partial charge in [-0.2, -0.15) is 0 Å². The molecule has 19 heavy (non-hydrogen) atoms. The number of benzene rings is 1. The molecule has 0 saturated heterocycles. The van der Waals surface area contributed by atoms with Crippen molar-refractivity contribution in [3.05, 3.63) is 32.3 Å². The lowest BCUT2D eigenvalue weighted by Gasteiger charge is -2.15. The maximum Gasteiger partial charge on any atom is 0.348 e. The molecule has 0 saturated carbocycles. The number of nitro benzene ring substituents is 1. The Kier molecular flexibility index (Phi) is 5.34. The molecular formula is C10H10Cl2N2O5. The molecule has 1 atom stereocenters. The third-order valence-corrected chi connectivity index (χ3v) is 2.87. The first kappa shape index (κ1) is 15.5. The number of methoxy groups -OCH3 is 1. The SMILES string of the molecule is COC(=O)C(CN)Oc1cc(Cl)c(Cl)cc1[N+](=O)[O-]. The number of esters is 1. The van der Waals surface area contributed by atoms with Crippen LogP contribution in [-0.4, -0.2) is 30.7 Å².